The number of carbonyl (C=O) groups is 1. The molecule has 1 aromatic carbocycles. The lowest BCUT2D eigenvalue weighted by Gasteiger charge is -2.30. The molecule has 1 unspecified atom stereocenters. The fraction of sp³-hybridized carbons (Fsp3) is 0.636. The van der Waals surface area contributed by atoms with Gasteiger partial charge in [-0.15, -0.1) is 24.0 Å². The Kier molecular flexibility index (Phi) is 13.5. The van der Waals surface area contributed by atoms with Crippen molar-refractivity contribution in [2.75, 3.05) is 47.4 Å². The van der Waals surface area contributed by atoms with Gasteiger partial charge in [0.1, 0.15) is 5.75 Å². The minimum atomic E-state index is -0.139. The monoisotopic (exact) mass is 532 g/mol. The smallest absolute Gasteiger partial charge is 0.305 e. The molecule has 0 spiro atoms. The molecule has 0 saturated carbocycles. The minimum Gasteiger partial charge on any atom is -0.496 e. The van der Waals surface area contributed by atoms with Crippen molar-refractivity contribution in [3.63, 3.8) is 0 Å². The summed E-state index contributed by atoms with van der Waals surface area (Å²) in [6.45, 7) is 3.81. The first kappa shape index (κ1) is 26.5. The number of halogens is 1. The van der Waals surface area contributed by atoms with E-state index in [-0.39, 0.29) is 36.0 Å². The van der Waals surface area contributed by atoms with E-state index < -0.39 is 0 Å². The number of nitrogens with one attached hydrogen (secondary N) is 2. The summed E-state index contributed by atoms with van der Waals surface area (Å²) in [5.74, 6) is 1.59. The molecule has 1 saturated heterocycles. The van der Waals surface area contributed by atoms with E-state index in [0.29, 0.717) is 6.42 Å². The van der Waals surface area contributed by atoms with Crippen LogP contribution in [-0.2, 0) is 9.53 Å². The largest absolute Gasteiger partial charge is 0.496 e. The van der Waals surface area contributed by atoms with Gasteiger partial charge >= 0.3 is 5.97 Å². The molecule has 1 atom stereocenters. The van der Waals surface area contributed by atoms with Gasteiger partial charge in [0.25, 0.3) is 0 Å². The molecule has 1 heterocycles. The number of hydrogen-bond donors (Lipinski definition) is 2. The lowest BCUT2D eigenvalue weighted by Crippen LogP contribution is -2.43. The van der Waals surface area contributed by atoms with E-state index in [1.54, 1.807) is 14.2 Å². The topological polar surface area (TPSA) is 75.2 Å². The third kappa shape index (κ3) is 8.67. The first-order valence-electron chi connectivity index (χ1n) is 10.6. The van der Waals surface area contributed by atoms with Crippen molar-refractivity contribution in [3.05, 3.63) is 29.8 Å². The van der Waals surface area contributed by atoms with Gasteiger partial charge in [-0.1, -0.05) is 24.6 Å². The maximum absolute atomic E-state index is 11.1. The molecule has 2 N–H and O–H groups in total. The Morgan fingerprint density at radius 3 is 2.53 bits per heavy atom. The Morgan fingerprint density at radius 1 is 1.13 bits per heavy atom. The fourth-order valence-electron chi connectivity index (χ4n) is 3.72. The molecule has 0 amide bonds. The van der Waals surface area contributed by atoms with Crippen LogP contribution in [0.4, 0.5) is 0 Å². The lowest BCUT2D eigenvalue weighted by atomic mass is 10.0. The van der Waals surface area contributed by atoms with Gasteiger partial charge in [0, 0.05) is 32.1 Å². The number of likely N-dealkylation sites (tertiary alicyclic amines) is 1. The Hall–Kier alpha value is -1.55. The number of guanidine groups is 1. The summed E-state index contributed by atoms with van der Waals surface area (Å²) in [5.41, 5.74) is 1.21. The zero-order valence-corrected chi connectivity index (χ0v) is 20.8. The van der Waals surface area contributed by atoms with Crippen molar-refractivity contribution in [1.29, 1.82) is 0 Å². The highest BCUT2D eigenvalue weighted by Gasteiger charge is 2.25. The molecule has 0 bridgehead atoms. The van der Waals surface area contributed by atoms with Crippen LogP contribution in [0.1, 0.15) is 50.1 Å². The summed E-state index contributed by atoms with van der Waals surface area (Å²) in [6, 6.07) is 8.51. The highest BCUT2D eigenvalue weighted by atomic mass is 127. The van der Waals surface area contributed by atoms with Gasteiger partial charge in [-0.05, 0) is 44.8 Å². The van der Waals surface area contributed by atoms with Gasteiger partial charge in [-0.2, -0.15) is 0 Å². The molecule has 1 aliphatic rings. The van der Waals surface area contributed by atoms with Crippen LogP contribution in [0.5, 0.6) is 5.75 Å². The van der Waals surface area contributed by atoms with Crippen LogP contribution in [0.25, 0.3) is 0 Å². The normalized spacial score (nSPS) is 15.2. The second-order valence-corrected chi connectivity index (χ2v) is 7.27. The van der Waals surface area contributed by atoms with Gasteiger partial charge < -0.3 is 20.1 Å². The van der Waals surface area contributed by atoms with Crippen LogP contribution >= 0.6 is 24.0 Å². The number of carbonyl (C=O) groups excluding carboxylic acids is 1. The van der Waals surface area contributed by atoms with Crippen molar-refractivity contribution in [2.45, 2.75) is 44.6 Å². The van der Waals surface area contributed by atoms with Crippen LogP contribution in [-0.4, -0.2) is 64.3 Å². The number of benzene rings is 1. The molecule has 2 rings (SSSR count). The summed E-state index contributed by atoms with van der Waals surface area (Å²) in [6.07, 6.45) is 5.79. The fourth-order valence-corrected chi connectivity index (χ4v) is 3.72. The molecule has 8 heteroatoms. The first-order chi connectivity index (χ1) is 14.2. The maximum atomic E-state index is 11.1. The molecule has 1 aliphatic heterocycles. The number of nitrogens with zero attached hydrogens (tertiary/aromatic N) is 2. The van der Waals surface area contributed by atoms with Crippen LogP contribution in [0, 0.1) is 0 Å². The van der Waals surface area contributed by atoms with E-state index in [0.717, 1.165) is 57.2 Å². The Balaban J connectivity index is 0.00000450. The zero-order valence-electron chi connectivity index (χ0n) is 18.5. The summed E-state index contributed by atoms with van der Waals surface area (Å²) >= 11 is 0. The van der Waals surface area contributed by atoms with E-state index in [9.17, 15) is 4.79 Å². The van der Waals surface area contributed by atoms with Gasteiger partial charge in [0.2, 0.25) is 0 Å². The van der Waals surface area contributed by atoms with Crippen molar-refractivity contribution in [2.24, 2.45) is 4.99 Å². The molecule has 0 aliphatic carbocycles. The van der Waals surface area contributed by atoms with E-state index in [2.05, 4.69) is 37.4 Å². The maximum Gasteiger partial charge on any atom is 0.305 e. The summed E-state index contributed by atoms with van der Waals surface area (Å²) in [7, 11) is 4.95. The predicted molar refractivity (Wildman–Crippen MR) is 132 cm³/mol. The number of methoxy groups -OCH3 is 2. The van der Waals surface area contributed by atoms with Crippen LogP contribution in [0.2, 0.25) is 0 Å². The molecule has 7 nitrogen and oxygen atoms in total. The Bertz CT molecular complexity index is 651. The van der Waals surface area contributed by atoms with Crippen molar-refractivity contribution in [3.8, 4) is 5.75 Å². The second-order valence-electron chi connectivity index (χ2n) is 7.27. The van der Waals surface area contributed by atoms with Crippen LogP contribution in [0.3, 0.4) is 0 Å². The highest BCUT2D eigenvalue weighted by molar-refractivity contribution is 14.0. The highest BCUT2D eigenvalue weighted by Crippen LogP contribution is 2.31. The molecule has 0 aromatic heterocycles. The van der Waals surface area contributed by atoms with E-state index in [1.807, 2.05) is 12.1 Å². The summed E-state index contributed by atoms with van der Waals surface area (Å²) in [5, 5.41) is 6.85. The first-order valence-corrected chi connectivity index (χ1v) is 10.6. The van der Waals surface area contributed by atoms with E-state index >= 15 is 0 Å². The third-order valence-corrected chi connectivity index (χ3v) is 5.34. The van der Waals surface area contributed by atoms with Crippen molar-refractivity contribution >= 4 is 35.9 Å². The standard InChI is InChI=1S/C22H36N4O3.HI/c1-23-22(24-14-8-4-5-13-21(27)29-3)25-17-19(26-15-9-10-16-26)18-11-6-7-12-20(18)28-2;/h6-7,11-12,19H,4-5,8-10,13-17H2,1-3H3,(H2,23,24,25);1H. The predicted octanol–water partition coefficient (Wildman–Crippen LogP) is 3.35. The molecule has 30 heavy (non-hydrogen) atoms. The molecule has 1 fully saturated rings. The quantitative estimate of drug-likeness (QED) is 0.150. The van der Waals surface area contributed by atoms with Gasteiger partial charge in [0.05, 0.1) is 20.3 Å². The second kappa shape index (κ2) is 15.3. The molecule has 170 valence electrons. The Morgan fingerprint density at radius 2 is 1.87 bits per heavy atom. The van der Waals surface area contributed by atoms with Gasteiger partial charge in [-0.3, -0.25) is 14.7 Å². The number of unbranched alkanes of at least 4 members (excludes halogenated alkanes) is 2. The zero-order chi connectivity index (χ0) is 20.9. The van der Waals surface area contributed by atoms with Crippen LogP contribution < -0.4 is 15.4 Å². The molecule has 1 aromatic rings. The van der Waals surface area contributed by atoms with Crippen molar-refractivity contribution in [1.82, 2.24) is 15.5 Å². The molecular formula is C22H37IN4O3. The van der Waals surface area contributed by atoms with Crippen molar-refractivity contribution < 1.29 is 14.3 Å². The lowest BCUT2D eigenvalue weighted by molar-refractivity contribution is -0.140. The summed E-state index contributed by atoms with van der Waals surface area (Å²) in [4.78, 5) is 18.0. The average molecular weight is 532 g/mol. The average Bonchev–Trinajstić information content (AvgIpc) is 3.29. The van der Waals surface area contributed by atoms with Crippen LogP contribution in [0.15, 0.2) is 29.3 Å². The van der Waals surface area contributed by atoms with E-state index in [1.165, 1.54) is 25.5 Å². The number of hydrogen-bond acceptors (Lipinski definition) is 5. The Labute approximate surface area is 198 Å². The SMILES string of the molecule is CN=C(NCCCCCC(=O)OC)NCC(c1ccccc1OC)N1CCCC1.I. The summed E-state index contributed by atoms with van der Waals surface area (Å²) < 4.78 is 10.3. The minimum absolute atomic E-state index is 0. The van der Waals surface area contributed by atoms with Gasteiger partial charge in [-0.25, -0.2) is 0 Å². The molecular weight excluding hydrogens is 495 g/mol. The number of para-hydroxylation sites is 1. The molecule has 0 radical (unpaired) electrons. The third-order valence-electron chi connectivity index (χ3n) is 5.34. The number of ether oxygens (including phenoxy) is 2. The number of rotatable bonds is 11. The van der Waals surface area contributed by atoms with Gasteiger partial charge in [0.15, 0.2) is 5.96 Å². The number of aliphatic imine (C=N–C) groups is 1. The number of esters is 1. The van der Waals surface area contributed by atoms with E-state index in [4.69, 9.17) is 4.74 Å².